The van der Waals surface area contributed by atoms with E-state index < -0.39 is 0 Å². The zero-order valence-corrected chi connectivity index (χ0v) is 15.7. The highest BCUT2D eigenvalue weighted by Gasteiger charge is 2.01. The quantitative estimate of drug-likeness (QED) is 0.373. The summed E-state index contributed by atoms with van der Waals surface area (Å²) in [4.78, 5) is 5.98. The molecule has 3 aromatic rings. The van der Waals surface area contributed by atoms with E-state index in [9.17, 15) is 0 Å². The summed E-state index contributed by atoms with van der Waals surface area (Å²) in [5, 5.41) is 2.08. The van der Waals surface area contributed by atoms with Crippen molar-refractivity contribution in [1.29, 1.82) is 0 Å². The van der Waals surface area contributed by atoms with E-state index in [-0.39, 0.29) is 0 Å². The summed E-state index contributed by atoms with van der Waals surface area (Å²) in [6, 6.07) is 26.5. The van der Waals surface area contributed by atoms with Crippen molar-refractivity contribution in [2.75, 3.05) is 7.11 Å². The van der Waals surface area contributed by atoms with Gasteiger partial charge in [-0.1, -0.05) is 53.7 Å². The van der Waals surface area contributed by atoms with Crippen LogP contribution in [0.5, 0.6) is 5.75 Å². The molecule has 0 fully saturated rings. The van der Waals surface area contributed by atoms with Gasteiger partial charge in [-0.25, -0.2) is 4.99 Å². The van der Waals surface area contributed by atoms with E-state index in [1.165, 1.54) is 5.56 Å². The molecule has 0 aromatic heterocycles. The molecular formula is C23H21NOS. The van der Waals surface area contributed by atoms with Crippen molar-refractivity contribution < 1.29 is 4.74 Å². The number of rotatable bonds is 6. The number of aryl methyl sites for hydroxylation is 1. The average molecular weight is 359 g/mol. The topological polar surface area (TPSA) is 21.6 Å². The number of nitrogens with zero attached hydrogens (tertiary/aromatic N) is 1. The lowest BCUT2D eigenvalue weighted by Gasteiger charge is -2.04. The van der Waals surface area contributed by atoms with Crippen LogP contribution in [-0.2, 0) is 0 Å². The molecule has 130 valence electrons. The highest BCUT2D eigenvalue weighted by molar-refractivity contribution is 8.02. The van der Waals surface area contributed by atoms with E-state index in [0.29, 0.717) is 0 Å². The molecular weight excluding hydrogens is 338 g/mol. The Bertz CT molecular complexity index is 899. The molecule has 0 heterocycles. The highest BCUT2D eigenvalue weighted by atomic mass is 32.2. The summed E-state index contributed by atoms with van der Waals surface area (Å²) in [7, 11) is 1.68. The van der Waals surface area contributed by atoms with E-state index in [0.717, 1.165) is 27.6 Å². The smallest absolute Gasteiger partial charge is 0.118 e. The van der Waals surface area contributed by atoms with Crippen LogP contribution in [0.3, 0.4) is 0 Å². The van der Waals surface area contributed by atoms with E-state index >= 15 is 0 Å². The van der Waals surface area contributed by atoms with Crippen molar-refractivity contribution in [3.05, 3.63) is 101 Å². The molecule has 26 heavy (non-hydrogen) atoms. The minimum atomic E-state index is 0.865. The number of hydrogen-bond acceptors (Lipinski definition) is 3. The van der Waals surface area contributed by atoms with Crippen LogP contribution in [0.25, 0.3) is 0 Å². The van der Waals surface area contributed by atoms with Crippen molar-refractivity contribution in [2.24, 2.45) is 4.99 Å². The van der Waals surface area contributed by atoms with Crippen LogP contribution in [0.1, 0.15) is 11.1 Å². The van der Waals surface area contributed by atoms with Gasteiger partial charge in [0.25, 0.3) is 0 Å². The predicted molar refractivity (Wildman–Crippen MR) is 112 cm³/mol. The maximum atomic E-state index is 5.20. The molecule has 0 aliphatic heterocycles. The Morgan fingerprint density at radius 2 is 1.69 bits per heavy atom. The van der Waals surface area contributed by atoms with Gasteiger partial charge in [0, 0.05) is 10.5 Å². The summed E-state index contributed by atoms with van der Waals surface area (Å²) in [6.07, 6.45) is 2.07. The first-order valence-corrected chi connectivity index (χ1v) is 9.30. The lowest BCUT2D eigenvalue weighted by atomic mass is 10.1. The second-order valence-electron chi connectivity index (χ2n) is 5.80. The molecule has 0 saturated carbocycles. The van der Waals surface area contributed by atoms with Gasteiger partial charge in [0.05, 0.1) is 18.5 Å². The number of benzene rings is 3. The molecule has 0 aliphatic carbocycles. The van der Waals surface area contributed by atoms with Gasteiger partial charge in [0.15, 0.2) is 0 Å². The van der Waals surface area contributed by atoms with E-state index in [4.69, 9.17) is 9.73 Å². The second-order valence-corrected chi connectivity index (χ2v) is 6.78. The number of ether oxygens (including phenoxy) is 1. The largest absolute Gasteiger partial charge is 0.497 e. The van der Waals surface area contributed by atoms with Gasteiger partial charge in [-0.15, -0.1) is 0 Å². The Hall–Kier alpha value is -2.78. The molecule has 3 rings (SSSR count). The third-order valence-electron chi connectivity index (χ3n) is 3.81. The molecule has 2 nitrogen and oxygen atoms in total. The first-order valence-electron chi connectivity index (χ1n) is 8.42. The Balaban J connectivity index is 1.84. The highest BCUT2D eigenvalue weighted by Crippen LogP contribution is 2.23. The zero-order chi connectivity index (χ0) is 18.2. The third-order valence-corrected chi connectivity index (χ3v) is 4.63. The number of methoxy groups -OCH3 is 1. The Morgan fingerprint density at radius 3 is 2.38 bits per heavy atom. The molecule has 0 unspecified atom stereocenters. The van der Waals surface area contributed by atoms with Gasteiger partial charge in [0.1, 0.15) is 5.75 Å². The van der Waals surface area contributed by atoms with Crippen molar-refractivity contribution in [3.8, 4) is 5.75 Å². The molecule has 0 atom stereocenters. The van der Waals surface area contributed by atoms with Gasteiger partial charge in [-0.05, 0) is 60.9 Å². The van der Waals surface area contributed by atoms with Gasteiger partial charge >= 0.3 is 0 Å². The summed E-state index contributed by atoms with van der Waals surface area (Å²) < 4.78 is 5.20. The molecule has 0 saturated heterocycles. The Kier molecular flexibility index (Phi) is 6.29. The lowest BCUT2D eigenvalue weighted by Crippen LogP contribution is -1.96. The summed E-state index contributed by atoms with van der Waals surface area (Å²) in [5.41, 5.74) is 4.23. The SMILES string of the molecule is COc1ccc(SC=CC(=Nc2ccccc2)c2cccc(C)c2)cc1. The van der Waals surface area contributed by atoms with Gasteiger partial charge in [0.2, 0.25) is 0 Å². The fraction of sp³-hybridized carbons (Fsp3) is 0.0870. The molecule has 3 heteroatoms. The fourth-order valence-electron chi connectivity index (χ4n) is 2.48. The first-order chi connectivity index (χ1) is 12.7. The van der Waals surface area contributed by atoms with Crippen LogP contribution in [0, 0.1) is 6.92 Å². The summed E-state index contributed by atoms with van der Waals surface area (Å²) in [6.45, 7) is 2.10. The maximum Gasteiger partial charge on any atom is 0.118 e. The average Bonchev–Trinajstić information content (AvgIpc) is 2.68. The molecule has 0 amide bonds. The first kappa shape index (κ1) is 18.0. The molecule has 0 spiro atoms. The van der Waals surface area contributed by atoms with Crippen LogP contribution >= 0.6 is 11.8 Å². The summed E-state index contributed by atoms with van der Waals surface area (Å²) >= 11 is 1.66. The number of thioether (sulfide) groups is 1. The monoisotopic (exact) mass is 359 g/mol. The number of para-hydroxylation sites is 1. The van der Waals surface area contributed by atoms with Crippen molar-refractivity contribution in [1.82, 2.24) is 0 Å². The second kappa shape index (κ2) is 9.07. The predicted octanol–water partition coefficient (Wildman–Crippen LogP) is 6.43. The van der Waals surface area contributed by atoms with Crippen LogP contribution in [0.15, 0.2) is 100 Å². The third kappa shape index (κ3) is 5.11. The van der Waals surface area contributed by atoms with Gasteiger partial charge < -0.3 is 4.74 Å². The van der Waals surface area contributed by atoms with Crippen LogP contribution in [-0.4, -0.2) is 12.8 Å². The van der Waals surface area contributed by atoms with Crippen LogP contribution in [0.4, 0.5) is 5.69 Å². The molecule has 0 radical (unpaired) electrons. The summed E-state index contributed by atoms with van der Waals surface area (Å²) in [5.74, 6) is 0.865. The van der Waals surface area contributed by atoms with Gasteiger partial charge in [-0.2, -0.15) is 0 Å². The number of aliphatic imine (C=N–C) groups is 1. The fourth-order valence-corrected chi connectivity index (χ4v) is 3.12. The van der Waals surface area contributed by atoms with Crippen LogP contribution in [0.2, 0.25) is 0 Å². The number of hydrogen-bond donors (Lipinski definition) is 0. The molecule has 3 aromatic carbocycles. The molecule has 0 aliphatic rings. The van der Waals surface area contributed by atoms with Crippen molar-refractivity contribution in [3.63, 3.8) is 0 Å². The van der Waals surface area contributed by atoms with Crippen LogP contribution < -0.4 is 4.74 Å². The minimum Gasteiger partial charge on any atom is -0.497 e. The maximum absolute atomic E-state index is 5.20. The standard InChI is InChI=1S/C23H21NOS/c1-18-7-6-8-19(17-18)23(24-20-9-4-3-5-10-20)15-16-26-22-13-11-21(25-2)12-14-22/h3-17H,1-2H3. The van der Waals surface area contributed by atoms with Crippen molar-refractivity contribution in [2.45, 2.75) is 11.8 Å². The number of allylic oxidation sites excluding steroid dienone is 1. The minimum absolute atomic E-state index is 0.865. The van der Waals surface area contributed by atoms with E-state index in [1.807, 2.05) is 42.5 Å². The van der Waals surface area contributed by atoms with Gasteiger partial charge in [-0.3, -0.25) is 0 Å². The molecule has 0 N–H and O–H groups in total. The normalized spacial score (nSPS) is 11.7. The molecule has 0 bridgehead atoms. The Morgan fingerprint density at radius 1 is 0.923 bits per heavy atom. The van der Waals surface area contributed by atoms with E-state index in [1.54, 1.807) is 18.9 Å². The lowest BCUT2D eigenvalue weighted by molar-refractivity contribution is 0.414. The van der Waals surface area contributed by atoms with Crippen molar-refractivity contribution >= 4 is 23.2 Å². The zero-order valence-electron chi connectivity index (χ0n) is 14.9. The van der Waals surface area contributed by atoms with E-state index in [2.05, 4.69) is 54.8 Å². The Labute approximate surface area is 159 Å².